The van der Waals surface area contributed by atoms with Crippen molar-refractivity contribution in [3.8, 4) is 17.2 Å². The minimum Gasteiger partial charge on any atom is -0.486 e. The van der Waals surface area contributed by atoms with Gasteiger partial charge in [-0.3, -0.25) is 9.52 Å². The topological polar surface area (TPSA) is 112 Å². The lowest BCUT2D eigenvalue weighted by atomic mass is 10.2. The zero-order valence-electron chi connectivity index (χ0n) is 17.8. The van der Waals surface area contributed by atoms with Gasteiger partial charge >= 0.3 is 0 Å². The summed E-state index contributed by atoms with van der Waals surface area (Å²) in [7, 11) is -3.83. The van der Waals surface area contributed by atoms with E-state index in [0.29, 0.717) is 41.7 Å². The van der Waals surface area contributed by atoms with Gasteiger partial charge in [-0.05, 0) is 48.5 Å². The van der Waals surface area contributed by atoms with Crippen LogP contribution in [0.2, 0.25) is 0 Å². The summed E-state index contributed by atoms with van der Waals surface area (Å²) in [5.74, 6) is 0.578. The van der Waals surface area contributed by atoms with Crippen LogP contribution in [-0.2, 0) is 10.0 Å². The molecule has 34 heavy (non-hydrogen) atoms. The van der Waals surface area contributed by atoms with Crippen LogP contribution in [0, 0.1) is 0 Å². The highest BCUT2D eigenvalue weighted by Gasteiger charge is 2.19. The number of rotatable bonds is 6. The first-order chi connectivity index (χ1) is 16.5. The minimum atomic E-state index is -3.83. The molecule has 3 aromatic carbocycles. The molecule has 0 saturated heterocycles. The quantitative estimate of drug-likeness (QED) is 0.439. The summed E-state index contributed by atoms with van der Waals surface area (Å²) in [5.41, 5.74) is 2.10. The molecule has 0 radical (unpaired) electrons. The molecule has 172 valence electrons. The molecule has 0 unspecified atom stereocenters. The monoisotopic (exact) mass is 476 g/mol. The predicted octanol–water partition coefficient (Wildman–Crippen LogP) is 3.70. The summed E-state index contributed by atoms with van der Waals surface area (Å²) >= 11 is 0. The van der Waals surface area contributed by atoms with Crippen LogP contribution in [0.15, 0.2) is 90.1 Å². The number of aromatic nitrogens is 2. The van der Waals surface area contributed by atoms with E-state index in [1.807, 2.05) is 30.3 Å². The third kappa shape index (κ3) is 4.57. The third-order valence-corrected chi connectivity index (χ3v) is 6.46. The van der Waals surface area contributed by atoms with Crippen molar-refractivity contribution >= 4 is 27.3 Å². The fourth-order valence-electron chi connectivity index (χ4n) is 3.39. The molecule has 0 atom stereocenters. The molecule has 9 nitrogen and oxygen atoms in total. The van der Waals surface area contributed by atoms with Gasteiger partial charge in [-0.1, -0.05) is 18.2 Å². The molecule has 1 amide bonds. The van der Waals surface area contributed by atoms with Crippen LogP contribution in [0.4, 0.5) is 11.4 Å². The van der Waals surface area contributed by atoms with Crippen molar-refractivity contribution < 1.29 is 22.7 Å². The van der Waals surface area contributed by atoms with Crippen LogP contribution in [0.25, 0.3) is 5.69 Å². The van der Waals surface area contributed by atoms with Crippen molar-refractivity contribution in [3.05, 3.63) is 90.8 Å². The molecule has 5 rings (SSSR count). The van der Waals surface area contributed by atoms with E-state index in [0.717, 1.165) is 5.69 Å². The Kier molecular flexibility index (Phi) is 5.64. The number of hydrogen-bond donors (Lipinski definition) is 2. The average Bonchev–Trinajstić information content (AvgIpc) is 3.36. The smallest absolute Gasteiger partial charge is 0.262 e. The summed E-state index contributed by atoms with van der Waals surface area (Å²) in [4.78, 5) is 12.6. The Morgan fingerprint density at radius 2 is 1.59 bits per heavy atom. The Morgan fingerprint density at radius 1 is 0.882 bits per heavy atom. The van der Waals surface area contributed by atoms with Crippen molar-refractivity contribution in [1.82, 2.24) is 9.78 Å². The number of benzene rings is 3. The van der Waals surface area contributed by atoms with Gasteiger partial charge in [0.1, 0.15) is 13.2 Å². The van der Waals surface area contributed by atoms with E-state index >= 15 is 0 Å². The summed E-state index contributed by atoms with van der Waals surface area (Å²) in [6.07, 6.45) is 3.12. The van der Waals surface area contributed by atoms with E-state index < -0.39 is 10.0 Å². The molecule has 4 aromatic rings. The molecular formula is C24H20N4O5S. The van der Waals surface area contributed by atoms with E-state index in [1.54, 1.807) is 41.2 Å². The third-order valence-electron chi connectivity index (χ3n) is 5.08. The SMILES string of the molecule is O=C(Nc1ccc(NS(=O)(=O)c2ccc3c(c2)OCCO3)cc1)c1cnn(-c2ccccc2)c1. The first kappa shape index (κ1) is 21.5. The van der Waals surface area contributed by atoms with Crippen LogP contribution in [0.3, 0.4) is 0 Å². The number of hydrogen-bond acceptors (Lipinski definition) is 6. The summed E-state index contributed by atoms with van der Waals surface area (Å²) in [6.45, 7) is 0.791. The number of nitrogens with one attached hydrogen (secondary N) is 2. The second kappa shape index (κ2) is 8.91. The maximum Gasteiger partial charge on any atom is 0.262 e. The molecule has 1 aliphatic rings. The van der Waals surface area contributed by atoms with E-state index in [1.165, 1.54) is 18.3 Å². The molecule has 0 bridgehead atoms. The number of nitrogens with zero attached hydrogens (tertiary/aromatic N) is 2. The lowest BCUT2D eigenvalue weighted by Gasteiger charge is -2.19. The highest BCUT2D eigenvalue weighted by Crippen LogP contribution is 2.32. The van der Waals surface area contributed by atoms with Crippen molar-refractivity contribution in [2.24, 2.45) is 0 Å². The largest absolute Gasteiger partial charge is 0.486 e. The van der Waals surface area contributed by atoms with Crippen molar-refractivity contribution in [2.75, 3.05) is 23.3 Å². The summed E-state index contributed by atoms with van der Waals surface area (Å²) < 4.78 is 40.6. The minimum absolute atomic E-state index is 0.0598. The number of sulfonamides is 1. The van der Waals surface area contributed by atoms with Crippen molar-refractivity contribution in [3.63, 3.8) is 0 Å². The maximum absolute atomic E-state index is 12.8. The van der Waals surface area contributed by atoms with Crippen LogP contribution in [0.5, 0.6) is 11.5 Å². The van der Waals surface area contributed by atoms with Gasteiger partial charge in [0.25, 0.3) is 15.9 Å². The van der Waals surface area contributed by atoms with Crippen LogP contribution in [0.1, 0.15) is 10.4 Å². The second-order valence-electron chi connectivity index (χ2n) is 7.45. The van der Waals surface area contributed by atoms with Crippen molar-refractivity contribution in [2.45, 2.75) is 4.90 Å². The van der Waals surface area contributed by atoms with E-state index in [-0.39, 0.29) is 10.8 Å². The highest BCUT2D eigenvalue weighted by atomic mass is 32.2. The lowest BCUT2D eigenvalue weighted by molar-refractivity contribution is 0.102. The Balaban J connectivity index is 1.25. The number of fused-ring (bicyclic) bond motifs is 1. The fourth-order valence-corrected chi connectivity index (χ4v) is 4.47. The van der Waals surface area contributed by atoms with Gasteiger partial charge in [0.05, 0.1) is 22.3 Å². The van der Waals surface area contributed by atoms with Crippen molar-refractivity contribution in [1.29, 1.82) is 0 Å². The second-order valence-corrected chi connectivity index (χ2v) is 9.13. The van der Waals surface area contributed by atoms with Gasteiger partial charge < -0.3 is 14.8 Å². The molecule has 0 fully saturated rings. The van der Waals surface area contributed by atoms with Gasteiger partial charge in [-0.15, -0.1) is 0 Å². The molecule has 0 aliphatic carbocycles. The number of anilines is 2. The Bertz CT molecular complexity index is 1430. The lowest BCUT2D eigenvalue weighted by Crippen LogP contribution is -2.17. The predicted molar refractivity (Wildman–Crippen MR) is 126 cm³/mol. The first-order valence-corrected chi connectivity index (χ1v) is 11.9. The normalized spacial score (nSPS) is 12.7. The standard InChI is InChI=1S/C24H20N4O5S/c29-24(17-15-25-28(16-17)20-4-2-1-3-5-20)26-18-6-8-19(9-7-18)27-34(30,31)21-10-11-22-23(14-21)33-13-12-32-22/h1-11,14-16,27H,12-13H2,(H,26,29). The molecule has 10 heteroatoms. The van der Waals surface area contributed by atoms with Gasteiger partial charge in [0.15, 0.2) is 11.5 Å². The Hall–Kier alpha value is -4.31. The Labute approximate surface area is 196 Å². The highest BCUT2D eigenvalue weighted by molar-refractivity contribution is 7.92. The van der Waals surface area contributed by atoms with Crippen LogP contribution in [-0.4, -0.2) is 37.3 Å². The molecule has 1 aliphatic heterocycles. The van der Waals surface area contributed by atoms with Gasteiger partial charge in [0, 0.05) is 23.6 Å². The zero-order chi connectivity index (χ0) is 23.5. The summed E-state index contributed by atoms with van der Waals surface area (Å²) in [6, 6.07) is 20.3. The molecule has 0 spiro atoms. The fraction of sp³-hybridized carbons (Fsp3) is 0.0833. The average molecular weight is 477 g/mol. The van der Waals surface area contributed by atoms with Crippen LogP contribution < -0.4 is 19.5 Å². The van der Waals surface area contributed by atoms with E-state index in [2.05, 4.69) is 15.1 Å². The summed E-state index contributed by atoms with van der Waals surface area (Å²) in [5, 5.41) is 7.00. The van der Waals surface area contributed by atoms with Gasteiger partial charge in [-0.2, -0.15) is 5.10 Å². The number of ether oxygens (including phenoxy) is 2. The first-order valence-electron chi connectivity index (χ1n) is 10.4. The van der Waals surface area contributed by atoms with Gasteiger partial charge in [-0.25, -0.2) is 13.1 Å². The number of carbonyl (C=O) groups is 1. The molecule has 0 saturated carbocycles. The molecule has 2 heterocycles. The molecule has 2 N–H and O–H groups in total. The zero-order valence-corrected chi connectivity index (χ0v) is 18.7. The number of para-hydroxylation sites is 1. The van der Waals surface area contributed by atoms with Crippen LogP contribution >= 0.6 is 0 Å². The van der Waals surface area contributed by atoms with Gasteiger partial charge in [0.2, 0.25) is 0 Å². The molecular weight excluding hydrogens is 456 g/mol. The van der Waals surface area contributed by atoms with E-state index in [4.69, 9.17) is 9.47 Å². The van der Waals surface area contributed by atoms with E-state index in [9.17, 15) is 13.2 Å². The number of carbonyl (C=O) groups excluding carboxylic acids is 1. The Morgan fingerprint density at radius 3 is 2.35 bits per heavy atom. The molecule has 1 aromatic heterocycles. The maximum atomic E-state index is 12.8. The number of amides is 1.